The van der Waals surface area contributed by atoms with Gasteiger partial charge in [0.1, 0.15) is 0 Å². The number of hydrogen-bond acceptors (Lipinski definition) is 3. The number of hydrogen-bond donors (Lipinski definition) is 2. The van der Waals surface area contributed by atoms with E-state index in [9.17, 15) is 18.4 Å². The zero-order chi connectivity index (χ0) is 14.4. The Kier molecular flexibility index (Phi) is 7.94. The van der Waals surface area contributed by atoms with Crippen molar-refractivity contribution in [3.05, 3.63) is 35.4 Å². The predicted octanol–water partition coefficient (Wildman–Crippen LogP) is 1.81. The van der Waals surface area contributed by atoms with Gasteiger partial charge in [-0.25, -0.2) is 8.78 Å². The van der Waals surface area contributed by atoms with Gasteiger partial charge in [0.15, 0.2) is 17.4 Å². The van der Waals surface area contributed by atoms with Gasteiger partial charge in [0, 0.05) is 31.0 Å². The molecule has 20 heavy (non-hydrogen) atoms. The highest BCUT2D eigenvalue weighted by molar-refractivity contribution is 5.97. The predicted molar refractivity (Wildman–Crippen MR) is 73.8 cm³/mol. The van der Waals surface area contributed by atoms with Gasteiger partial charge < -0.3 is 11.1 Å². The summed E-state index contributed by atoms with van der Waals surface area (Å²) in [5.41, 5.74) is 5.39. The van der Waals surface area contributed by atoms with Crippen molar-refractivity contribution < 1.29 is 18.4 Å². The van der Waals surface area contributed by atoms with Crippen LogP contribution in [0.25, 0.3) is 0 Å². The van der Waals surface area contributed by atoms with E-state index in [1.165, 1.54) is 6.07 Å². The van der Waals surface area contributed by atoms with Crippen LogP contribution in [0, 0.1) is 11.6 Å². The lowest BCUT2D eigenvalue weighted by Gasteiger charge is -2.10. The number of halogens is 3. The summed E-state index contributed by atoms with van der Waals surface area (Å²) in [6.07, 6.45) is -0.0730. The maximum atomic E-state index is 12.9. The zero-order valence-electron chi connectivity index (χ0n) is 11.0. The molecule has 0 heterocycles. The number of carbonyl (C=O) groups is 2. The molecule has 3 N–H and O–H groups in total. The van der Waals surface area contributed by atoms with Crippen LogP contribution >= 0.6 is 12.4 Å². The summed E-state index contributed by atoms with van der Waals surface area (Å²) in [6.45, 7) is 2.05. The molecule has 1 rings (SSSR count). The molecule has 4 nitrogen and oxygen atoms in total. The average molecular weight is 307 g/mol. The monoisotopic (exact) mass is 306 g/mol. The first-order chi connectivity index (χ1) is 8.93. The fourth-order valence-electron chi connectivity index (χ4n) is 1.45. The largest absolute Gasteiger partial charge is 0.352 e. The maximum Gasteiger partial charge on any atom is 0.220 e. The Bertz CT molecular complexity index is 483. The lowest BCUT2D eigenvalue weighted by molar-refractivity contribution is -0.121. The van der Waals surface area contributed by atoms with Crippen LogP contribution < -0.4 is 11.1 Å². The van der Waals surface area contributed by atoms with Crippen molar-refractivity contribution in [2.45, 2.75) is 25.8 Å². The summed E-state index contributed by atoms with van der Waals surface area (Å²) in [4.78, 5) is 23.1. The number of amides is 1. The van der Waals surface area contributed by atoms with Crippen LogP contribution in [0.2, 0.25) is 0 Å². The number of benzene rings is 1. The highest BCUT2D eigenvalue weighted by atomic mass is 35.5. The standard InChI is InChI=1S/C13H16F2N2O2.ClH/c1-8(7-16)17-13(19)5-4-12(18)9-2-3-10(14)11(15)6-9;/h2-3,6,8H,4-5,7,16H2,1H3,(H,17,19);1H/t8-;/m0./s1. The molecule has 0 aliphatic carbocycles. The van der Waals surface area contributed by atoms with Crippen molar-refractivity contribution in [3.8, 4) is 0 Å². The Hall–Kier alpha value is -1.53. The average Bonchev–Trinajstić information content (AvgIpc) is 2.39. The third kappa shape index (κ3) is 5.63. The van der Waals surface area contributed by atoms with Crippen molar-refractivity contribution in [1.82, 2.24) is 5.32 Å². The molecule has 7 heteroatoms. The second-order valence-electron chi connectivity index (χ2n) is 4.26. The molecule has 0 saturated carbocycles. The van der Waals surface area contributed by atoms with E-state index >= 15 is 0 Å². The van der Waals surface area contributed by atoms with Gasteiger partial charge in [-0.1, -0.05) is 0 Å². The van der Waals surface area contributed by atoms with E-state index in [0.29, 0.717) is 6.54 Å². The van der Waals surface area contributed by atoms with Gasteiger partial charge in [-0.15, -0.1) is 12.4 Å². The van der Waals surface area contributed by atoms with Crippen molar-refractivity contribution in [1.29, 1.82) is 0 Å². The molecular formula is C13H17ClF2N2O2. The molecule has 0 aromatic heterocycles. The van der Waals surface area contributed by atoms with Crippen molar-refractivity contribution in [3.63, 3.8) is 0 Å². The minimum Gasteiger partial charge on any atom is -0.352 e. The SMILES string of the molecule is C[C@@H](CN)NC(=O)CCC(=O)c1ccc(F)c(F)c1.Cl. The highest BCUT2D eigenvalue weighted by Crippen LogP contribution is 2.11. The molecular weight excluding hydrogens is 290 g/mol. The van der Waals surface area contributed by atoms with Gasteiger partial charge in [-0.3, -0.25) is 9.59 Å². The molecule has 1 aromatic rings. The summed E-state index contributed by atoms with van der Waals surface area (Å²) in [5, 5.41) is 2.61. The topological polar surface area (TPSA) is 72.2 Å². The van der Waals surface area contributed by atoms with Crippen LogP contribution in [0.5, 0.6) is 0 Å². The summed E-state index contributed by atoms with van der Waals surface area (Å²) in [5.74, 6) is -2.79. The first kappa shape index (κ1) is 18.5. The van der Waals surface area contributed by atoms with E-state index in [-0.39, 0.29) is 42.8 Å². The van der Waals surface area contributed by atoms with Gasteiger partial charge in [0.2, 0.25) is 5.91 Å². The summed E-state index contributed by atoms with van der Waals surface area (Å²) in [7, 11) is 0. The van der Waals surface area contributed by atoms with Crippen LogP contribution in [0.1, 0.15) is 30.1 Å². The third-order valence-corrected chi connectivity index (χ3v) is 2.58. The lowest BCUT2D eigenvalue weighted by atomic mass is 10.1. The van der Waals surface area contributed by atoms with Gasteiger partial charge in [0.25, 0.3) is 0 Å². The van der Waals surface area contributed by atoms with Crippen LogP contribution in [-0.2, 0) is 4.79 Å². The zero-order valence-corrected chi connectivity index (χ0v) is 11.8. The highest BCUT2D eigenvalue weighted by Gasteiger charge is 2.12. The van der Waals surface area contributed by atoms with Crippen LogP contribution in [0.3, 0.4) is 0 Å². The Balaban J connectivity index is 0.00000361. The normalized spacial score (nSPS) is 11.4. The van der Waals surface area contributed by atoms with Gasteiger partial charge in [-0.05, 0) is 25.1 Å². The number of nitrogens with one attached hydrogen (secondary N) is 1. The van der Waals surface area contributed by atoms with Crippen LogP contribution in [0.15, 0.2) is 18.2 Å². The lowest BCUT2D eigenvalue weighted by Crippen LogP contribution is -2.37. The Morgan fingerprint density at radius 3 is 2.45 bits per heavy atom. The van der Waals surface area contributed by atoms with Crippen molar-refractivity contribution in [2.24, 2.45) is 5.73 Å². The fraction of sp³-hybridized carbons (Fsp3) is 0.385. The second-order valence-corrected chi connectivity index (χ2v) is 4.26. The molecule has 112 valence electrons. The van der Waals surface area contributed by atoms with Gasteiger partial charge in [-0.2, -0.15) is 0 Å². The molecule has 1 amide bonds. The molecule has 1 atom stereocenters. The molecule has 0 fully saturated rings. The Morgan fingerprint density at radius 1 is 1.25 bits per heavy atom. The van der Waals surface area contributed by atoms with Gasteiger partial charge >= 0.3 is 0 Å². The fourth-order valence-corrected chi connectivity index (χ4v) is 1.45. The summed E-state index contributed by atoms with van der Waals surface area (Å²) >= 11 is 0. The molecule has 0 unspecified atom stereocenters. The van der Waals surface area contributed by atoms with Crippen LogP contribution in [-0.4, -0.2) is 24.3 Å². The van der Waals surface area contributed by atoms with Crippen LogP contribution in [0.4, 0.5) is 8.78 Å². The Labute approximate surface area is 122 Å². The van der Waals surface area contributed by atoms with E-state index in [2.05, 4.69) is 5.32 Å². The first-order valence-corrected chi connectivity index (χ1v) is 5.91. The summed E-state index contributed by atoms with van der Waals surface area (Å²) in [6, 6.07) is 2.75. The number of carbonyl (C=O) groups excluding carboxylic acids is 2. The van der Waals surface area contributed by atoms with E-state index < -0.39 is 17.4 Å². The quantitative estimate of drug-likeness (QED) is 0.787. The molecule has 1 aromatic carbocycles. The summed E-state index contributed by atoms with van der Waals surface area (Å²) < 4.78 is 25.6. The Morgan fingerprint density at radius 2 is 1.90 bits per heavy atom. The van der Waals surface area contributed by atoms with E-state index in [4.69, 9.17) is 5.73 Å². The molecule has 0 aliphatic heterocycles. The number of nitrogens with two attached hydrogens (primary N) is 1. The molecule has 0 radical (unpaired) electrons. The number of ketones is 1. The maximum absolute atomic E-state index is 12.9. The second kappa shape index (κ2) is 8.60. The third-order valence-electron chi connectivity index (χ3n) is 2.58. The smallest absolute Gasteiger partial charge is 0.220 e. The van der Waals surface area contributed by atoms with E-state index in [1.54, 1.807) is 6.92 Å². The number of rotatable bonds is 6. The van der Waals surface area contributed by atoms with Crippen molar-refractivity contribution >= 4 is 24.1 Å². The number of Topliss-reactive ketones (excluding diaryl/α,β-unsaturated/α-hetero) is 1. The molecule has 0 aliphatic rings. The van der Waals surface area contributed by atoms with Gasteiger partial charge in [0.05, 0.1) is 0 Å². The first-order valence-electron chi connectivity index (χ1n) is 5.91. The van der Waals surface area contributed by atoms with E-state index in [0.717, 1.165) is 12.1 Å². The molecule has 0 bridgehead atoms. The molecule has 0 saturated heterocycles. The minimum absolute atomic E-state index is 0. The minimum atomic E-state index is -1.08. The van der Waals surface area contributed by atoms with Crippen molar-refractivity contribution in [2.75, 3.05) is 6.54 Å². The molecule has 0 spiro atoms. The van der Waals surface area contributed by atoms with E-state index in [1.807, 2.05) is 0 Å².